The summed E-state index contributed by atoms with van der Waals surface area (Å²) in [4.78, 5) is 38.4. The maximum Gasteiger partial charge on any atom is 0.230 e. The Morgan fingerprint density at radius 2 is 2.37 bits per heavy atom. The molecule has 2 heterocycles. The fourth-order valence-electron chi connectivity index (χ4n) is 1.90. The predicted molar refractivity (Wildman–Crippen MR) is 70.6 cm³/mol. The number of imide groups is 1. The quantitative estimate of drug-likeness (QED) is 0.791. The van der Waals surface area contributed by atoms with E-state index in [1.54, 1.807) is 0 Å². The molecule has 1 aliphatic rings. The van der Waals surface area contributed by atoms with E-state index in [2.05, 4.69) is 22.5 Å². The number of amides is 3. The third-order valence-electron chi connectivity index (χ3n) is 2.80. The minimum atomic E-state index is -0.553. The normalized spacial score (nSPS) is 18.5. The molecule has 7 heteroatoms. The molecule has 2 N–H and O–H groups in total. The molecule has 3 amide bonds. The van der Waals surface area contributed by atoms with Gasteiger partial charge in [-0.3, -0.25) is 19.7 Å². The molecule has 1 fully saturated rings. The molecule has 1 atom stereocenters. The highest BCUT2D eigenvalue weighted by atomic mass is 32.1. The Morgan fingerprint density at radius 3 is 3.00 bits per heavy atom. The van der Waals surface area contributed by atoms with Gasteiger partial charge >= 0.3 is 0 Å². The summed E-state index contributed by atoms with van der Waals surface area (Å²) < 4.78 is 0. The summed E-state index contributed by atoms with van der Waals surface area (Å²) in [6, 6.07) is 0. The second-order valence-electron chi connectivity index (χ2n) is 4.46. The second kappa shape index (κ2) is 5.92. The average molecular weight is 281 g/mol. The number of rotatable bonds is 5. The summed E-state index contributed by atoms with van der Waals surface area (Å²) in [6.07, 6.45) is 1.98. The molecule has 1 unspecified atom stereocenters. The van der Waals surface area contributed by atoms with Crippen molar-refractivity contribution < 1.29 is 14.4 Å². The first-order valence-electron chi connectivity index (χ1n) is 6.16. The van der Waals surface area contributed by atoms with E-state index in [0.29, 0.717) is 5.13 Å². The van der Waals surface area contributed by atoms with Gasteiger partial charge in [0.15, 0.2) is 5.13 Å². The maximum absolute atomic E-state index is 11.8. The zero-order valence-electron chi connectivity index (χ0n) is 10.6. The van der Waals surface area contributed by atoms with Gasteiger partial charge in [0, 0.05) is 18.2 Å². The second-order valence-corrected chi connectivity index (χ2v) is 5.32. The van der Waals surface area contributed by atoms with Crippen LogP contribution in [0.25, 0.3) is 0 Å². The average Bonchev–Trinajstić information content (AvgIpc) is 2.87. The molecule has 6 nitrogen and oxygen atoms in total. The molecule has 1 aromatic rings. The van der Waals surface area contributed by atoms with Gasteiger partial charge in [0.2, 0.25) is 17.7 Å². The van der Waals surface area contributed by atoms with Gasteiger partial charge in [-0.15, -0.1) is 11.3 Å². The summed E-state index contributed by atoms with van der Waals surface area (Å²) in [5.74, 6) is -1.52. The fraction of sp³-hybridized carbons (Fsp3) is 0.500. The van der Waals surface area contributed by atoms with Gasteiger partial charge in [-0.25, -0.2) is 4.98 Å². The van der Waals surface area contributed by atoms with Crippen LogP contribution < -0.4 is 10.6 Å². The fourth-order valence-corrected chi connectivity index (χ4v) is 2.66. The van der Waals surface area contributed by atoms with Gasteiger partial charge in [-0.1, -0.05) is 13.3 Å². The summed E-state index contributed by atoms with van der Waals surface area (Å²) in [5.41, 5.74) is 0.955. The van der Waals surface area contributed by atoms with Crippen molar-refractivity contribution in [2.75, 3.05) is 5.32 Å². The number of nitrogens with zero attached hydrogens (tertiary/aromatic N) is 1. The molecule has 0 bridgehead atoms. The molecule has 0 aliphatic carbocycles. The van der Waals surface area contributed by atoms with Crippen LogP contribution in [0.3, 0.4) is 0 Å². The molecule has 1 aliphatic heterocycles. The summed E-state index contributed by atoms with van der Waals surface area (Å²) in [7, 11) is 0. The Morgan fingerprint density at radius 1 is 1.58 bits per heavy atom. The smallest absolute Gasteiger partial charge is 0.230 e. The van der Waals surface area contributed by atoms with Crippen LogP contribution in [0.1, 0.15) is 31.9 Å². The number of aromatic nitrogens is 1. The minimum Gasteiger partial charge on any atom is -0.302 e. The summed E-state index contributed by atoms with van der Waals surface area (Å²) in [5, 5.41) is 7.29. The first kappa shape index (κ1) is 13.7. The van der Waals surface area contributed by atoms with Crippen molar-refractivity contribution in [2.24, 2.45) is 5.92 Å². The minimum absolute atomic E-state index is 0.0142. The molecular formula is C12H15N3O3S. The number of aryl methyl sites for hydroxylation is 1. The summed E-state index contributed by atoms with van der Waals surface area (Å²) >= 11 is 1.37. The molecule has 0 aromatic carbocycles. The standard InChI is InChI=1S/C12H15N3O3S/c1-2-3-8-6-19-12(13-8)15-10(17)5-7-4-9(16)14-11(7)18/h6-7H,2-5H2,1H3,(H,13,15,17)(H,14,16,18). The van der Waals surface area contributed by atoms with Gasteiger partial charge < -0.3 is 5.32 Å². The Hall–Kier alpha value is -1.76. The van der Waals surface area contributed by atoms with Gasteiger partial charge in [0.25, 0.3) is 0 Å². The molecule has 0 spiro atoms. The van der Waals surface area contributed by atoms with Crippen molar-refractivity contribution in [1.29, 1.82) is 0 Å². The van der Waals surface area contributed by atoms with Crippen molar-refractivity contribution in [1.82, 2.24) is 10.3 Å². The molecule has 1 aromatic heterocycles. The third kappa shape index (κ3) is 3.60. The van der Waals surface area contributed by atoms with Crippen molar-refractivity contribution in [2.45, 2.75) is 32.6 Å². The highest BCUT2D eigenvalue weighted by Crippen LogP contribution is 2.19. The van der Waals surface area contributed by atoms with E-state index in [9.17, 15) is 14.4 Å². The molecule has 102 valence electrons. The highest BCUT2D eigenvalue weighted by Gasteiger charge is 2.32. The Bertz CT molecular complexity index is 512. The van der Waals surface area contributed by atoms with Crippen LogP contribution in [0.5, 0.6) is 0 Å². The number of hydrogen-bond acceptors (Lipinski definition) is 5. The van der Waals surface area contributed by atoms with E-state index < -0.39 is 5.92 Å². The number of thiazole rings is 1. The van der Waals surface area contributed by atoms with Crippen molar-refractivity contribution in [3.05, 3.63) is 11.1 Å². The van der Waals surface area contributed by atoms with Crippen molar-refractivity contribution in [3.63, 3.8) is 0 Å². The first-order chi connectivity index (χ1) is 9.08. The van der Waals surface area contributed by atoms with Gasteiger partial charge in [-0.05, 0) is 6.42 Å². The van der Waals surface area contributed by atoms with Crippen LogP contribution in [0.15, 0.2) is 5.38 Å². The lowest BCUT2D eigenvalue weighted by molar-refractivity contribution is -0.127. The van der Waals surface area contributed by atoms with Crippen LogP contribution >= 0.6 is 11.3 Å². The van der Waals surface area contributed by atoms with Crippen LogP contribution in [0.4, 0.5) is 5.13 Å². The molecule has 19 heavy (non-hydrogen) atoms. The van der Waals surface area contributed by atoms with E-state index in [0.717, 1.165) is 18.5 Å². The van der Waals surface area contributed by atoms with Gasteiger partial charge in [0.1, 0.15) is 0 Å². The molecule has 0 saturated carbocycles. The molecule has 1 saturated heterocycles. The van der Waals surface area contributed by atoms with Crippen molar-refractivity contribution >= 4 is 34.2 Å². The lowest BCUT2D eigenvalue weighted by atomic mass is 10.0. The first-order valence-corrected chi connectivity index (χ1v) is 7.04. The van der Waals surface area contributed by atoms with Crippen LogP contribution in [-0.2, 0) is 20.8 Å². The predicted octanol–water partition coefficient (Wildman–Crippen LogP) is 1.09. The lowest BCUT2D eigenvalue weighted by Crippen LogP contribution is -2.24. The number of carbonyl (C=O) groups excluding carboxylic acids is 3. The molecular weight excluding hydrogens is 266 g/mol. The maximum atomic E-state index is 11.8. The molecule has 0 radical (unpaired) electrons. The monoisotopic (exact) mass is 281 g/mol. The van der Waals surface area contributed by atoms with Crippen LogP contribution in [-0.4, -0.2) is 22.7 Å². The Labute approximate surface area is 114 Å². The SMILES string of the molecule is CCCc1csc(NC(=O)CC2CC(=O)NC2=O)n1. The highest BCUT2D eigenvalue weighted by molar-refractivity contribution is 7.13. The number of hydrogen-bond donors (Lipinski definition) is 2. The van der Waals surface area contributed by atoms with Crippen LogP contribution in [0.2, 0.25) is 0 Å². The lowest BCUT2D eigenvalue weighted by Gasteiger charge is -2.04. The zero-order chi connectivity index (χ0) is 13.8. The van der Waals surface area contributed by atoms with E-state index in [-0.39, 0.29) is 30.6 Å². The third-order valence-corrected chi connectivity index (χ3v) is 3.61. The topological polar surface area (TPSA) is 88.2 Å². The van der Waals surface area contributed by atoms with Gasteiger partial charge in [-0.2, -0.15) is 0 Å². The largest absolute Gasteiger partial charge is 0.302 e. The number of carbonyl (C=O) groups is 3. The van der Waals surface area contributed by atoms with E-state index in [1.165, 1.54) is 11.3 Å². The Balaban J connectivity index is 1.86. The Kier molecular flexibility index (Phi) is 4.26. The van der Waals surface area contributed by atoms with Crippen molar-refractivity contribution in [3.8, 4) is 0 Å². The van der Waals surface area contributed by atoms with E-state index in [4.69, 9.17) is 0 Å². The summed E-state index contributed by atoms with van der Waals surface area (Å²) in [6.45, 7) is 2.06. The number of anilines is 1. The molecule has 2 rings (SSSR count). The van der Waals surface area contributed by atoms with Gasteiger partial charge in [0.05, 0.1) is 11.6 Å². The van der Waals surface area contributed by atoms with Crippen LogP contribution in [0, 0.1) is 5.92 Å². The van der Waals surface area contributed by atoms with E-state index in [1.807, 2.05) is 5.38 Å². The zero-order valence-corrected chi connectivity index (χ0v) is 11.4. The number of nitrogens with one attached hydrogen (secondary N) is 2. The van der Waals surface area contributed by atoms with E-state index >= 15 is 0 Å².